The SMILES string of the molecule is OC1(c2cnccn2)CC2CCCN(Cc3ccccc3)C2C1. The first-order valence-electron chi connectivity index (χ1n) is 8.51. The first kappa shape index (κ1) is 14.8. The molecule has 3 unspecified atom stereocenters. The maximum Gasteiger partial charge on any atom is 0.110 e. The van der Waals surface area contributed by atoms with Gasteiger partial charge in [-0.1, -0.05) is 30.3 Å². The zero-order valence-corrected chi connectivity index (χ0v) is 13.3. The molecule has 0 bridgehead atoms. The first-order chi connectivity index (χ1) is 11.2. The second-order valence-corrected chi connectivity index (χ2v) is 6.96. The van der Waals surface area contributed by atoms with Crippen molar-refractivity contribution in [1.82, 2.24) is 14.9 Å². The van der Waals surface area contributed by atoms with Crippen molar-refractivity contribution in [2.75, 3.05) is 6.54 Å². The Morgan fingerprint density at radius 1 is 1.17 bits per heavy atom. The summed E-state index contributed by atoms with van der Waals surface area (Å²) in [6.45, 7) is 2.09. The van der Waals surface area contributed by atoms with Crippen LogP contribution in [0.1, 0.15) is 36.9 Å². The van der Waals surface area contributed by atoms with Crippen LogP contribution in [0.15, 0.2) is 48.9 Å². The van der Waals surface area contributed by atoms with Crippen LogP contribution < -0.4 is 0 Å². The lowest BCUT2D eigenvalue weighted by molar-refractivity contribution is 0.0292. The van der Waals surface area contributed by atoms with E-state index in [9.17, 15) is 5.11 Å². The highest BCUT2D eigenvalue weighted by molar-refractivity contribution is 5.17. The van der Waals surface area contributed by atoms with E-state index in [-0.39, 0.29) is 0 Å². The van der Waals surface area contributed by atoms with Gasteiger partial charge in [0.1, 0.15) is 5.60 Å². The third kappa shape index (κ3) is 2.89. The van der Waals surface area contributed by atoms with Crippen LogP contribution in [0.25, 0.3) is 0 Å². The molecule has 1 aliphatic heterocycles. The highest BCUT2D eigenvalue weighted by Crippen LogP contribution is 2.47. The molecule has 1 aromatic heterocycles. The van der Waals surface area contributed by atoms with Gasteiger partial charge in [-0.3, -0.25) is 14.9 Å². The molecule has 2 aromatic rings. The second kappa shape index (κ2) is 6.02. The van der Waals surface area contributed by atoms with E-state index in [1.54, 1.807) is 18.6 Å². The molecule has 3 atom stereocenters. The number of piperidine rings is 1. The van der Waals surface area contributed by atoms with Gasteiger partial charge in [0, 0.05) is 25.0 Å². The zero-order valence-electron chi connectivity index (χ0n) is 13.3. The molecule has 1 aliphatic carbocycles. The van der Waals surface area contributed by atoms with Gasteiger partial charge in [0.05, 0.1) is 11.9 Å². The molecule has 23 heavy (non-hydrogen) atoms. The van der Waals surface area contributed by atoms with Gasteiger partial charge < -0.3 is 5.11 Å². The number of aliphatic hydroxyl groups is 1. The van der Waals surface area contributed by atoms with E-state index >= 15 is 0 Å². The Bertz CT molecular complexity index is 648. The van der Waals surface area contributed by atoms with E-state index < -0.39 is 5.60 Å². The van der Waals surface area contributed by atoms with E-state index in [2.05, 4.69) is 45.2 Å². The number of nitrogens with zero attached hydrogens (tertiary/aromatic N) is 3. The molecule has 4 heteroatoms. The molecular formula is C19H23N3O. The van der Waals surface area contributed by atoms with Crippen LogP contribution in [0.3, 0.4) is 0 Å². The van der Waals surface area contributed by atoms with Crippen molar-refractivity contribution >= 4 is 0 Å². The fraction of sp³-hybridized carbons (Fsp3) is 0.474. The predicted octanol–water partition coefficient (Wildman–Crippen LogP) is 2.74. The van der Waals surface area contributed by atoms with Gasteiger partial charge in [0.2, 0.25) is 0 Å². The normalized spacial score (nSPS) is 31.0. The van der Waals surface area contributed by atoms with Gasteiger partial charge in [-0.2, -0.15) is 0 Å². The highest BCUT2D eigenvalue weighted by atomic mass is 16.3. The van der Waals surface area contributed by atoms with Gasteiger partial charge in [0.25, 0.3) is 0 Å². The van der Waals surface area contributed by atoms with Gasteiger partial charge in [-0.15, -0.1) is 0 Å². The zero-order chi connectivity index (χ0) is 15.7. The van der Waals surface area contributed by atoms with Crippen LogP contribution in [0.2, 0.25) is 0 Å². The third-order valence-electron chi connectivity index (χ3n) is 5.45. The Morgan fingerprint density at radius 3 is 2.83 bits per heavy atom. The van der Waals surface area contributed by atoms with E-state index in [4.69, 9.17) is 0 Å². The lowest BCUT2D eigenvalue weighted by Gasteiger charge is -2.37. The molecule has 1 saturated carbocycles. The van der Waals surface area contributed by atoms with E-state index in [1.807, 2.05) is 0 Å². The molecule has 0 spiro atoms. The summed E-state index contributed by atoms with van der Waals surface area (Å²) in [5.41, 5.74) is 1.26. The maximum atomic E-state index is 11.1. The van der Waals surface area contributed by atoms with Crippen molar-refractivity contribution < 1.29 is 5.11 Å². The molecule has 4 nitrogen and oxygen atoms in total. The highest BCUT2D eigenvalue weighted by Gasteiger charge is 2.49. The minimum atomic E-state index is -0.817. The monoisotopic (exact) mass is 309 g/mol. The van der Waals surface area contributed by atoms with Gasteiger partial charge in [0.15, 0.2) is 0 Å². The number of hydrogen-bond donors (Lipinski definition) is 1. The van der Waals surface area contributed by atoms with Crippen LogP contribution in [0, 0.1) is 5.92 Å². The Balaban J connectivity index is 1.55. The fourth-order valence-electron chi connectivity index (χ4n) is 4.37. The lowest BCUT2D eigenvalue weighted by atomic mass is 9.91. The lowest BCUT2D eigenvalue weighted by Crippen LogP contribution is -2.42. The van der Waals surface area contributed by atoms with E-state index in [0.717, 1.165) is 31.6 Å². The van der Waals surface area contributed by atoms with E-state index in [1.165, 1.54) is 18.4 Å². The molecule has 120 valence electrons. The molecule has 2 heterocycles. The van der Waals surface area contributed by atoms with E-state index in [0.29, 0.717) is 12.0 Å². The molecular weight excluding hydrogens is 286 g/mol. The number of hydrogen-bond acceptors (Lipinski definition) is 4. The minimum Gasteiger partial charge on any atom is -0.383 e. The minimum absolute atomic E-state index is 0.441. The summed E-state index contributed by atoms with van der Waals surface area (Å²) < 4.78 is 0. The topological polar surface area (TPSA) is 49.3 Å². The van der Waals surface area contributed by atoms with Gasteiger partial charge >= 0.3 is 0 Å². The van der Waals surface area contributed by atoms with Crippen molar-refractivity contribution in [3.05, 3.63) is 60.2 Å². The van der Waals surface area contributed by atoms with Crippen LogP contribution in [0.4, 0.5) is 0 Å². The smallest absolute Gasteiger partial charge is 0.110 e. The summed E-state index contributed by atoms with van der Waals surface area (Å²) in [5.74, 6) is 0.555. The fourth-order valence-corrected chi connectivity index (χ4v) is 4.37. The molecule has 1 aromatic carbocycles. The molecule has 1 N–H and O–H groups in total. The molecule has 1 saturated heterocycles. The maximum absolute atomic E-state index is 11.1. The summed E-state index contributed by atoms with van der Waals surface area (Å²) in [6.07, 6.45) is 9.06. The second-order valence-electron chi connectivity index (χ2n) is 6.96. The summed E-state index contributed by atoms with van der Waals surface area (Å²) in [4.78, 5) is 11.1. The van der Waals surface area contributed by atoms with Crippen molar-refractivity contribution in [1.29, 1.82) is 0 Å². The largest absolute Gasteiger partial charge is 0.383 e. The van der Waals surface area contributed by atoms with Crippen molar-refractivity contribution in [2.24, 2.45) is 5.92 Å². The van der Waals surface area contributed by atoms with Crippen LogP contribution in [-0.4, -0.2) is 32.6 Å². The predicted molar refractivity (Wildman–Crippen MR) is 88.5 cm³/mol. The van der Waals surface area contributed by atoms with Gasteiger partial charge in [-0.05, 0) is 43.7 Å². The standard InChI is InChI=1S/C19H23N3O/c23-19(18-13-20-8-9-21-18)11-16-7-4-10-22(17(16)12-19)14-15-5-2-1-3-6-15/h1-3,5-6,8-9,13,16-17,23H,4,7,10-12,14H2. The summed E-state index contributed by atoms with van der Waals surface area (Å²) in [6, 6.07) is 11.1. The Kier molecular flexibility index (Phi) is 3.87. The van der Waals surface area contributed by atoms with Crippen molar-refractivity contribution in [3.63, 3.8) is 0 Å². The van der Waals surface area contributed by atoms with Crippen LogP contribution in [-0.2, 0) is 12.1 Å². The van der Waals surface area contributed by atoms with Crippen molar-refractivity contribution in [3.8, 4) is 0 Å². The Labute approximate surface area is 137 Å². The average molecular weight is 309 g/mol. The number of fused-ring (bicyclic) bond motifs is 1. The Morgan fingerprint density at radius 2 is 2.04 bits per heavy atom. The molecule has 4 rings (SSSR count). The van der Waals surface area contributed by atoms with Crippen LogP contribution in [0.5, 0.6) is 0 Å². The third-order valence-corrected chi connectivity index (χ3v) is 5.45. The van der Waals surface area contributed by atoms with Gasteiger partial charge in [-0.25, -0.2) is 0 Å². The first-order valence-corrected chi connectivity index (χ1v) is 8.51. The summed E-state index contributed by atoms with van der Waals surface area (Å²) in [7, 11) is 0. The number of benzene rings is 1. The molecule has 2 aliphatic rings. The Hall–Kier alpha value is -1.78. The number of aromatic nitrogens is 2. The number of likely N-dealkylation sites (tertiary alicyclic amines) is 1. The summed E-state index contributed by atoms with van der Waals surface area (Å²) in [5, 5.41) is 11.1. The molecule has 0 amide bonds. The average Bonchev–Trinajstić information content (AvgIpc) is 2.96. The quantitative estimate of drug-likeness (QED) is 0.947. The molecule has 0 radical (unpaired) electrons. The van der Waals surface area contributed by atoms with Crippen LogP contribution >= 0.6 is 0 Å². The molecule has 2 fully saturated rings. The summed E-state index contributed by atoms with van der Waals surface area (Å²) >= 11 is 0. The van der Waals surface area contributed by atoms with Crippen molar-refractivity contribution in [2.45, 2.75) is 43.9 Å². The number of rotatable bonds is 3.